The highest BCUT2D eigenvalue weighted by Gasteiger charge is 2.18. The highest BCUT2D eigenvalue weighted by Crippen LogP contribution is 2.29. The number of nitrogen functional groups attached to an aromatic ring is 1. The van der Waals surface area contributed by atoms with Gasteiger partial charge < -0.3 is 11.1 Å². The monoisotopic (exact) mass is 278 g/mol. The minimum atomic E-state index is -0.543. The second-order valence-corrected chi connectivity index (χ2v) is 5.91. The number of hydrogen-bond donors (Lipinski definition) is 2. The summed E-state index contributed by atoms with van der Waals surface area (Å²) < 4.78 is 13.3. The molecule has 3 N–H and O–H groups in total. The van der Waals surface area contributed by atoms with Gasteiger partial charge >= 0.3 is 0 Å². The van der Waals surface area contributed by atoms with Crippen molar-refractivity contribution in [3.63, 3.8) is 0 Å². The third-order valence-electron chi connectivity index (χ3n) is 4.24. The normalized spacial score (nSPS) is 22.5. The molecule has 1 aliphatic rings. The summed E-state index contributed by atoms with van der Waals surface area (Å²) in [6.45, 7) is 2.96. The van der Waals surface area contributed by atoms with E-state index in [0.29, 0.717) is 12.1 Å². The van der Waals surface area contributed by atoms with E-state index >= 15 is 0 Å². The Labute approximate surface area is 119 Å². The molecule has 1 aliphatic carbocycles. The van der Waals surface area contributed by atoms with E-state index in [0.717, 1.165) is 18.3 Å². The number of carbonyl (C=O) groups excluding carboxylic acids is 1. The van der Waals surface area contributed by atoms with E-state index in [-0.39, 0.29) is 11.6 Å². The van der Waals surface area contributed by atoms with Crippen LogP contribution in [0, 0.1) is 17.7 Å². The minimum absolute atomic E-state index is 0.0675. The minimum Gasteiger partial charge on any atom is -0.396 e. The zero-order valence-corrected chi connectivity index (χ0v) is 12.0. The van der Waals surface area contributed by atoms with Crippen LogP contribution in [0.3, 0.4) is 0 Å². The van der Waals surface area contributed by atoms with Gasteiger partial charge in [0, 0.05) is 12.1 Å². The van der Waals surface area contributed by atoms with Gasteiger partial charge in [0.2, 0.25) is 0 Å². The van der Waals surface area contributed by atoms with Crippen LogP contribution < -0.4 is 11.1 Å². The lowest BCUT2D eigenvalue weighted by molar-refractivity contribution is 0.0949. The molecule has 0 radical (unpaired) electrons. The topological polar surface area (TPSA) is 55.1 Å². The summed E-state index contributed by atoms with van der Waals surface area (Å²) in [6.07, 6.45) is 6.11. The molecule has 2 rings (SSSR count). The van der Waals surface area contributed by atoms with E-state index < -0.39 is 5.82 Å². The quantitative estimate of drug-likeness (QED) is 0.830. The number of anilines is 1. The maximum absolute atomic E-state index is 13.3. The predicted molar refractivity (Wildman–Crippen MR) is 78.9 cm³/mol. The Hall–Kier alpha value is -1.58. The fraction of sp³-hybridized carbons (Fsp3) is 0.562. The number of nitrogens with one attached hydrogen (secondary N) is 1. The van der Waals surface area contributed by atoms with E-state index in [4.69, 9.17) is 5.73 Å². The van der Waals surface area contributed by atoms with Crippen LogP contribution in [0.2, 0.25) is 0 Å². The molecule has 3 nitrogen and oxygen atoms in total. The molecule has 0 aromatic heterocycles. The molecule has 0 bridgehead atoms. The molecule has 4 heteroatoms. The lowest BCUT2D eigenvalue weighted by Gasteiger charge is -2.26. The summed E-state index contributed by atoms with van der Waals surface area (Å²) in [4.78, 5) is 11.9. The summed E-state index contributed by atoms with van der Waals surface area (Å²) in [6, 6.07) is 4.16. The molecule has 1 aromatic rings. The van der Waals surface area contributed by atoms with Crippen LogP contribution in [0.25, 0.3) is 0 Å². The zero-order chi connectivity index (χ0) is 14.5. The summed E-state index contributed by atoms with van der Waals surface area (Å²) in [5, 5.41) is 2.86. The van der Waals surface area contributed by atoms with Crippen LogP contribution in [0.15, 0.2) is 18.2 Å². The number of halogens is 1. The van der Waals surface area contributed by atoms with E-state index in [9.17, 15) is 9.18 Å². The molecule has 1 saturated carbocycles. The largest absolute Gasteiger partial charge is 0.396 e. The highest BCUT2D eigenvalue weighted by molar-refractivity contribution is 5.94. The molecule has 0 spiro atoms. The van der Waals surface area contributed by atoms with E-state index in [1.807, 2.05) is 0 Å². The number of benzene rings is 1. The van der Waals surface area contributed by atoms with E-state index in [2.05, 4.69) is 12.2 Å². The maximum Gasteiger partial charge on any atom is 0.251 e. The van der Waals surface area contributed by atoms with Crippen LogP contribution in [-0.4, -0.2) is 12.5 Å². The van der Waals surface area contributed by atoms with Crippen molar-refractivity contribution < 1.29 is 9.18 Å². The van der Waals surface area contributed by atoms with Gasteiger partial charge in [0.15, 0.2) is 0 Å². The SMILES string of the molecule is CC1CCC(CCNC(=O)c2ccc(N)c(F)c2)CC1. The Kier molecular flexibility index (Phi) is 4.99. The number of hydrogen-bond acceptors (Lipinski definition) is 2. The molecular formula is C16H23FN2O. The van der Waals surface area contributed by atoms with Crippen LogP contribution in [0.4, 0.5) is 10.1 Å². The first-order chi connectivity index (χ1) is 9.56. The molecule has 1 aromatic carbocycles. The van der Waals surface area contributed by atoms with Crippen molar-refractivity contribution in [1.82, 2.24) is 5.32 Å². The first kappa shape index (κ1) is 14.8. The van der Waals surface area contributed by atoms with Gasteiger partial charge in [0.1, 0.15) is 5.82 Å². The molecule has 110 valence electrons. The third-order valence-corrected chi connectivity index (χ3v) is 4.24. The Morgan fingerprint density at radius 3 is 2.70 bits per heavy atom. The van der Waals surface area contributed by atoms with Crippen molar-refractivity contribution >= 4 is 11.6 Å². The number of amides is 1. The standard InChI is InChI=1S/C16H23FN2O/c1-11-2-4-12(5-3-11)8-9-19-16(20)13-6-7-15(18)14(17)10-13/h6-7,10-12H,2-5,8-9,18H2,1H3,(H,19,20). The van der Waals surface area contributed by atoms with Gasteiger partial charge in [-0.2, -0.15) is 0 Å². The summed E-state index contributed by atoms with van der Waals surface area (Å²) >= 11 is 0. The van der Waals surface area contributed by atoms with Crippen molar-refractivity contribution in [2.45, 2.75) is 39.0 Å². The number of nitrogens with two attached hydrogens (primary N) is 1. The van der Waals surface area contributed by atoms with E-state index in [1.165, 1.54) is 37.8 Å². The van der Waals surface area contributed by atoms with Crippen LogP contribution >= 0.6 is 0 Å². The van der Waals surface area contributed by atoms with Crippen molar-refractivity contribution in [3.8, 4) is 0 Å². The summed E-state index contributed by atoms with van der Waals surface area (Å²) in [7, 11) is 0. The van der Waals surface area contributed by atoms with Crippen LogP contribution in [0.1, 0.15) is 49.4 Å². The van der Waals surface area contributed by atoms with Gasteiger partial charge in [-0.25, -0.2) is 4.39 Å². The molecule has 0 heterocycles. The summed E-state index contributed by atoms with van der Waals surface area (Å²) in [5.41, 5.74) is 5.79. The molecule has 1 amide bonds. The fourth-order valence-electron chi connectivity index (χ4n) is 2.78. The zero-order valence-electron chi connectivity index (χ0n) is 12.0. The van der Waals surface area contributed by atoms with Gasteiger partial charge in [-0.1, -0.05) is 32.6 Å². The first-order valence-corrected chi connectivity index (χ1v) is 7.39. The average Bonchev–Trinajstić information content (AvgIpc) is 2.44. The molecule has 0 saturated heterocycles. The number of rotatable bonds is 4. The van der Waals surface area contributed by atoms with Crippen molar-refractivity contribution in [1.29, 1.82) is 0 Å². The van der Waals surface area contributed by atoms with Gasteiger partial charge in [0.05, 0.1) is 5.69 Å². The second-order valence-electron chi connectivity index (χ2n) is 5.91. The van der Waals surface area contributed by atoms with E-state index in [1.54, 1.807) is 6.07 Å². The first-order valence-electron chi connectivity index (χ1n) is 7.39. The Morgan fingerprint density at radius 2 is 2.05 bits per heavy atom. The van der Waals surface area contributed by atoms with Crippen molar-refractivity contribution in [2.24, 2.45) is 11.8 Å². The lowest BCUT2D eigenvalue weighted by Crippen LogP contribution is -2.27. The summed E-state index contributed by atoms with van der Waals surface area (Å²) in [5.74, 6) is 0.792. The predicted octanol–water partition coefficient (Wildman–Crippen LogP) is 3.35. The van der Waals surface area contributed by atoms with Gasteiger partial charge in [-0.05, 0) is 36.5 Å². The van der Waals surface area contributed by atoms with Crippen LogP contribution in [0.5, 0.6) is 0 Å². The molecule has 1 fully saturated rings. The third kappa shape index (κ3) is 3.95. The fourth-order valence-corrected chi connectivity index (χ4v) is 2.78. The molecule has 20 heavy (non-hydrogen) atoms. The van der Waals surface area contributed by atoms with Gasteiger partial charge in [-0.15, -0.1) is 0 Å². The van der Waals surface area contributed by atoms with Gasteiger partial charge in [-0.3, -0.25) is 4.79 Å². The molecule has 0 unspecified atom stereocenters. The number of carbonyl (C=O) groups is 1. The van der Waals surface area contributed by atoms with Crippen molar-refractivity contribution in [2.75, 3.05) is 12.3 Å². The van der Waals surface area contributed by atoms with Crippen molar-refractivity contribution in [3.05, 3.63) is 29.6 Å². The van der Waals surface area contributed by atoms with Crippen LogP contribution in [-0.2, 0) is 0 Å². The Bertz CT molecular complexity index is 468. The smallest absolute Gasteiger partial charge is 0.251 e. The average molecular weight is 278 g/mol. The Morgan fingerprint density at radius 1 is 1.35 bits per heavy atom. The second kappa shape index (κ2) is 6.73. The highest BCUT2D eigenvalue weighted by atomic mass is 19.1. The Balaban J connectivity index is 1.76. The molecule has 0 atom stereocenters. The lowest BCUT2D eigenvalue weighted by atomic mass is 9.81. The maximum atomic E-state index is 13.3. The molecular weight excluding hydrogens is 255 g/mol. The molecule has 0 aliphatic heterocycles. The van der Waals surface area contributed by atoms with Gasteiger partial charge in [0.25, 0.3) is 5.91 Å².